The van der Waals surface area contributed by atoms with Crippen molar-refractivity contribution in [2.45, 2.75) is 83.1 Å². The van der Waals surface area contributed by atoms with Gasteiger partial charge in [-0.1, -0.05) is 20.8 Å². The van der Waals surface area contributed by atoms with E-state index in [4.69, 9.17) is 9.16 Å². The van der Waals surface area contributed by atoms with Crippen LogP contribution in [0.3, 0.4) is 0 Å². The fourth-order valence-electron chi connectivity index (χ4n) is 3.32. The summed E-state index contributed by atoms with van der Waals surface area (Å²) in [6.07, 6.45) is 8.84. The lowest BCUT2D eigenvalue weighted by Crippen LogP contribution is -2.36. The average molecular weight is 256 g/mol. The second-order valence-corrected chi connectivity index (χ2v) is 7.53. The van der Waals surface area contributed by atoms with Gasteiger partial charge >= 0.3 is 0 Å². The van der Waals surface area contributed by atoms with Gasteiger partial charge in [0.25, 0.3) is 0 Å². The van der Waals surface area contributed by atoms with Crippen LogP contribution in [0.25, 0.3) is 0 Å². The third kappa shape index (κ3) is 3.33. The lowest BCUT2D eigenvalue weighted by Gasteiger charge is -2.36. The molecule has 3 unspecified atom stereocenters. The predicted molar refractivity (Wildman–Crippen MR) is 74.0 cm³/mol. The van der Waals surface area contributed by atoms with E-state index in [0.717, 1.165) is 5.92 Å². The van der Waals surface area contributed by atoms with Crippen LogP contribution in [-0.2, 0) is 9.16 Å². The molecule has 1 saturated heterocycles. The maximum absolute atomic E-state index is 6.33. The standard InChI is InChI=1S/C14H28O2Si/c1-4-14(5-2,16-17-6-3)10-11-7-8-12-13(9-11)15-12/h11-13H,4-10,17H2,1-3H3. The van der Waals surface area contributed by atoms with Gasteiger partial charge in [0.15, 0.2) is 9.76 Å². The molecule has 0 N–H and O–H groups in total. The summed E-state index contributed by atoms with van der Waals surface area (Å²) < 4.78 is 12.0. The summed E-state index contributed by atoms with van der Waals surface area (Å²) in [5, 5.41) is 0. The lowest BCUT2D eigenvalue weighted by atomic mass is 9.79. The van der Waals surface area contributed by atoms with Crippen molar-refractivity contribution in [1.82, 2.24) is 0 Å². The number of rotatable bonds is 7. The van der Waals surface area contributed by atoms with E-state index in [1.165, 1.54) is 44.6 Å². The van der Waals surface area contributed by atoms with E-state index in [1.54, 1.807) is 0 Å². The van der Waals surface area contributed by atoms with Gasteiger partial charge in [0.2, 0.25) is 0 Å². The normalized spacial score (nSPS) is 33.0. The van der Waals surface area contributed by atoms with Gasteiger partial charge < -0.3 is 9.16 Å². The van der Waals surface area contributed by atoms with Crippen molar-refractivity contribution in [2.24, 2.45) is 5.92 Å². The maximum Gasteiger partial charge on any atom is 0.162 e. The first-order valence-corrected chi connectivity index (χ1v) is 9.10. The summed E-state index contributed by atoms with van der Waals surface area (Å²) in [5.41, 5.74) is 0.203. The topological polar surface area (TPSA) is 21.8 Å². The average Bonchev–Trinajstić information content (AvgIpc) is 3.13. The Morgan fingerprint density at radius 3 is 2.53 bits per heavy atom. The van der Waals surface area contributed by atoms with Gasteiger partial charge in [0.1, 0.15) is 0 Å². The Bertz CT molecular complexity index is 240. The van der Waals surface area contributed by atoms with E-state index in [1.807, 2.05) is 0 Å². The van der Waals surface area contributed by atoms with Crippen LogP contribution in [-0.4, -0.2) is 27.6 Å². The lowest BCUT2D eigenvalue weighted by molar-refractivity contribution is 0.0323. The summed E-state index contributed by atoms with van der Waals surface area (Å²) in [6, 6.07) is 1.26. The molecule has 0 spiro atoms. The molecule has 2 rings (SSSR count). The minimum absolute atomic E-state index is 0.203. The van der Waals surface area contributed by atoms with Crippen LogP contribution in [0.1, 0.15) is 59.3 Å². The zero-order valence-corrected chi connectivity index (χ0v) is 13.1. The van der Waals surface area contributed by atoms with Crippen LogP contribution in [0, 0.1) is 5.92 Å². The largest absolute Gasteiger partial charge is 0.419 e. The fourth-order valence-corrected chi connectivity index (χ4v) is 4.48. The molecule has 0 aromatic carbocycles. The maximum atomic E-state index is 6.33. The smallest absolute Gasteiger partial charge is 0.162 e. The van der Waals surface area contributed by atoms with E-state index < -0.39 is 0 Å². The summed E-state index contributed by atoms with van der Waals surface area (Å²) in [5.74, 6) is 0.851. The molecule has 17 heavy (non-hydrogen) atoms. The first-order valence-electron chi connectivity index (χ1n) is 7.52. The number of fused-ring (bicyclic) bond motifs is 1. The van der Waals surface area contributed by atoms with Gasteiger partial charge in [-0.15, -0.1) is 0 Å². The van der Waals surface area contributed by atoms with Crippen LogP contribution < -0.4 is 0 Å². The van der Waals surface area contributed by atoms with Crippen LogP contribution in [0.4, 0.5) is 0 Å². The van der Waals surface area contributed by atoms with Crippen molar-refractivity contribution < 1.29 is 9.16 Å². The number of ether oxygens (including phenoxy) is 1. The molecule has 2 nitrogen and oxygen atoms in total. The van der Waals surface area contributed by atoms with Crippen molar-refractivity contribution in [2.75, 3.05) is 0 Å². The zero-order chi connectivity index (χ0) is 12.3. The number of epoxide rings is 1. The molecule has 3 atom stereocenters. The highest BCUT2D eigenvalue weighted by Crippen LogP contribution is 2.43. The SMILES string of the molecule is CC[SiH2]OC(CC)(CC)CC1CCC2OC2C1. The van der Waals surface area contributed by atoms with Crippen molar-refractivity contribution >= 4 is 9.76 Å². The Balaban J connectivity index is 1.86. The molecule has 0 bridgehead atoms. The molecule has 2 fully saturated rings. The zero-order valence-electron chi connectivity index (χ0n) is 11.7. The first-order chi connectivity index (χ1) is 8.23. The molecule has 1 saturated carbocycles. The van der Waals surface area contributed by atoms with Crippen molar-refractivity contribution in [3.8, 4) is 0 Å². The molecule has 2 aliphatic rings. The Hall–Kier alpha value is 0.137. The highest BCUT2D eigenvalue weighted by Gasteiger charge is 2.45. The van der Waals surface area contributed by atoms with E-state index in [9.17, 15) is 0 Å². The Morgan fingerprint density at radius 2 is 1.94 bits per heavy atom. The minimum Gasteiger partial charge on any atom is -0.419 e. The van der Waals surface area contributed by atoms with Gasteiger partial charge in [-0.3, -0.25) is 0 Å². The summed E-state index contributed by atoms with van der Waals surface area (Å²) in [4.78, 5) is 0. The molecule has 0 aromatic rings. The highest BCUT2D eigenvalue weighted by atomic mass is 28.2. The molecule has 0 aromatic heterocycles. The first kappa shape index (κ1) is 13.6. The van der Waals surface area contributed by atoms with Crippen LogP contribution in [0.2, 0.25) is 6.04 Å². The molecule has 3 heteroatoms. The molecule has 0 amide bonds. The molecule has 0 radical (unpaired) electrons. The van der Waals surface area contributed by atoms with Crippen molar-refractivity contribution in [3.63, 3.8) is 0 Å². The monoisotopic (exact) mass is 256 g/mol. The Kier molecular flexibility index (Phi) is 4.67. The number of hydrogen-bond acceptors (Lipinski definition) is 2. The summed E-state index contributed by atoms with van der Waals surface area (Å²) >= 11 is 0. The third-order valence-corrected chi connectivity index (χ3v) is 5.90. The van der Waals surface area contributed by atoms with Crippen LogP contribution in [0.15, 0.2) is 0 Å². The van der Waals surface area contributed by atoms with Crippen LogP contribution in [0.5, 0.6) is 0 Å². The molecule has 100 valence electrons. The van der Waals surface area contributed by atoms with Gasteiger partial charge in [-0.05, 0) is 50.5 Å². The minimum atomic E-state index is -0.285. The van der Waals surface area contributed by atoms with Gasteiger partial charge in [0.05, 0.1) is 17.8 Å². The molecule has 1 aliphatic heterocycles. The van der Waals surface area contributed by atoms with Gasteiger partial charge in [-0.2, -0.15) is 0 Å². The Labute approximate surface area is 108 Å². The summed E-state index contributed by atoms with van der Waals surface area (Å²) in [6.45, 7) is 6.85. The molecular weight excluding hydrogens is 228 g/mol. The van der Waals surface area contributed by atoms with Crippen LogP contribution >= 0.6 is 0 Å². The molecule has 1 heterocycles. The third-order valence-electron chi connectivity index (χ3n) is 4.67. The predicted octanol–water partition coefficient (Wildman–Crippen LogP) is 3.04. The van der Waals surface area contributed by atoms with Gasteiger partial charge in [0, 0.05) is 0 Å². The second kappa shape index (κ2) is 5.85. The van der Waals surface area contributed by atoms with E-state index in [2.05, 4.69) is 20.8 Å². The van der Waals surface area contributed by atoms with Gasteiger partial charge in [-0.25, -0.2) is 0 Å². The van der Waals surface area contributed by atoms with E-state index >= 15 is 0 Å². The second-order valence-electron chi connectivity index (χ2n) is 5.83. The highest BCUT2D eigenvalue weighted by molar-refractivity contribution is 6.27. The van der Waals surface area contributed by atoms with Crippen molar-refractivity contribution in [1.29, 1.82) is 0 Å². The Morgan fingerprint density at radius 1 is 1.18 bits per heavy atom. The molecular formula is C14H28O2Si. The summed E-state index contributed by atoms with van der Waals surface area (Å²) in [7, 11) is -0.285. The quantitative estimate of drug-likeness (QED) is 0.516. The molecule has 1 aliphatic carbocycles. The van der Waals surface area contributed by atoms with E-state index in [0.29, 0.717) is 12.2 Å². The van der Waals surface area contributed by atoms with E-state index in [-0.39, 0.29) is 15.4 Å². The fraction of sp³-hybridized carbons (Fsp3) is 1.00. The van der Waals surface area contributed by atoms with Crippen molar-refractivity contribution in [3.05, 3.63) is 0 Å². The number of hydrogen-bond donors (Lipinski definition) is 0.